The average Bonchev–Trinajstić information content (AvgIpc) is 3.71. The van der Waals surface area contributed by atoms with Gasteiger partial charge in [-0.05, 0) is 87.9 Å². The van der Waals surface area contributed by atoms with Gasteiger partial charge in [-0.25, -0.2) is 0 Å². The van der Waals surface area contributed by atoms with Crippen LogP contribution < -0.4 is 4.90 Å². The highest BCUT2D eigenvalue weighted by atomic mass is 16.3. The Labute approximate surface area is 270 Å². The van der Waals surface area contributed by atoms with Crippen molar-refractivity contribution in [1.82, 2.24) is 0 Å². The Bertz CT molecular complexity index is 2800. The van der Waals surface area contributed by atoms with Gasteiger partial charge < -0.3 is 13.7 Å². The van der Waals surface area contributed by atoms with E-state index in [1.54, 1.807) is 0 Å². The monoisotopic (exact) mass is 601 g/mol. The molecule has 0 aliphatic carbocycles. The molecule has 10 aromatic rings. The summed E-state index contributed by atoms with van der Waals surface area (Å²) in [6.07, 6.45) is 0. The number of hydrogen-bond donors (Lipinski definition) is 0. The van der Waals surface area contributed by atoms with E-state index in [0.717, 1.165) is 66.3 Å². The molecule has 220 valence electrons. The van der Waals surface area contributed by atoms with Crippen molar-refractivity contribution in [3.8, 4) is 11.1 Å². The summed E-state index contributed by atoms with van der Waals surface area (Å²) < 4.78 is 12.8. The molecule has 0 spiro atoms. The molecule has 0 saturated heterocycles. The largest absolute Gasteiger partial charge is 0.456 e. The second-order valence-electron chi connectivity index (χ2n) is 12.1. The SMILES string of the molecule is c1ccc2cc(-c3ccc(N(c4ccc5oc6ccccc6c5c4)c4cccc5oc6c7ccccc7ccc6c45)cc3)ccc2c1. The number of fused-ring (bicyclic) bond motifs is 9. The zero-order chi connectivity index (χ0) is 30.9. The van der Waals surface area contributed by atoms with E-state index in [9.17, 15) is 0 Å². The maximum atomic E-state index is 6.61. The third kappa shape index (κ3) is 4.07. The Balaban J connectivity index is 1.20. The molecule has 0 radical (unpaired) electrons. The van der Waals surface area contributed by atoms with Gasteiger partial charge in [-0.2, -0.15) is 0 Å². The second kappa shape index (κ2) is 10.1. The van der Waals surface area contributed by atoms with Crippen LogP contribution in [0.4, 0.5) is 17.1 Å². The summed E-state index contributed by atoms with van der Waals surface area (Å²) in [4.78, 5) is 2.35. The van der Waals surface area contributed by atoms with E-state index in [-0.39, 0.29) is 0 Å². The topological polar surface area (TPSA) is 29.5 Å². The Morgan fingerprint density at radius 3 is 1.94 bits per heavy atom. The molecule has 0 aliphatic heterocycles. The van der Waals surface area contributed by atoms with E-state index in [0.29, 0.717) is 0 Å². The van der Waals surface area contributed by atoms with Gasteiger partial charge in [-0.1, -0.05) is 103 Å². The van der Waals surface area contributed by atoms with Crippen molar-refractivity contribution in [1.29, 1.82) is 0 Å². The summed E-state index contributed by atoms with van der Waals surface area (Å²) in [5, 5.41) is 9.15. The Hall–Kier alpha value is -6.32. The van der Waals surface area contributed by atoms with Crippen LogP contribution in [0.5, 0.6) is 0 Å². The number of nitrogens with zero attached hydrogens (tertiary/aromatic N) is 1. The first kappa shape index (κ1) is 26.0. The summed E-state index contributed by atoms with van der Waals surface area (Å²) in [5.74, 6) is 0. The van der Waals surface area contributed by atoms with Crippen LogP contribution in [0.25, 0.3) is 76.5 Å². The summed E-state index contributed by atoms with van der Waals surface area (Å²) in [6, 6.07) is 57.9. The average molecular weight is 602 g/mol. The standard InChI is InChI=1S/C44H27NO2/c1-2-10-31-26-32(17-16-28(31)8-1)29-18-21-33(22-19-29)45(34-23-25-41-38(27-34)36-12-5-6-14-40(36)46-41)39-13-7-15-42-43(39)37-24-20-30-9-3-4-11-35(30)44(37)47-42/h1-27H. The highest BCUT2D eigenvalue weighted by Crippen LogP contribution is 2.45. The Morgan fingerprint density at radius 2 is 1.04 bits per heavy atom. The van der Waals surface area contributed by atoms with Crippen LogP contribution in [0, 0.1) is 0 Å². The first-order chi connectivity index (χ1) is 23.3. The van der Waals surface area contributed by atoms with Gasteiger partial charge in [0.25, 0.3) is 0 Å². The van der Waals surface area contributed by atoms with Crippen LogP contribution in [0.15, 0.2) is 173 Å². The van der Waals surface area contributed by atoms with Crippen molar-refractivity contribution in [3.63, 3.8) is 0 Å². The van der Waals surface area contributed by atoms with Crippen molar-refractivity contribution in [2.24, 2.45) is 0 Å². The first-order valence-electron chi connectivity index (χ1n) is 15.9. The van der Waals surface area contributed by atoms with Gasteiger partial charge in [-0.3, -0.25) is 0 Å². The number of benzene rings is 8. The number of para-hydroxylation sites is 1. The smallest absolute Gasteiger partial charge is 0.143 e. The molecule has 0 N–H and O–H groups in total. The Morgan fingerprint density at radius 1 is 0.362 bits per heavy atom. The lowest BCUT2D eigenvalue weighted by molar-refractivity contribution is 0.669. The molecule has 0 fully saturated rings. The zero-order valence-electron chi connectivity index (χ0n) is 25.4. The highest BCUT2D eigenvalue weighted by molar-refractivity contribution is 6.20. The van der Waals surface area contributed by atoms with Crippen LogP contribution in [0.1, 0.15) is 0 Å². The fourth-order valence-electron chi connectivity index (χ4n) is 7.17. The van der Waals surface area contributed by atoms with Crippen molar-refractivity contribution in [2.45, 2.75) is 0 Å². The van der Waals surface area contributed by atoms with Crippen LogP contribution >= 0.6 is 0 Å². The molecular formula is C44H27NO2. The predicted molar refractivity (Wildman–Crippen MR) is 196 cm³/mol. The number of rotatable bonds is 4. The van der Waals surface area contributed by atoms with E-state index >= 15 is 0 Å². The van der Waals surface area contributed by atoms with Crippen molar-refractivity contribution < 1.29 is 8.83 Å². The molecule has 0 atom stereocenters. The molecule has 3 nitrogen and oxygen atoms in total. The van der Waals surface area contributed by atoms with Crippen molar-refractivity contribution in [3.05, 3.63) is 164 Å². The molecule has 0 bridgehead atoms. The summed E-state index contributed by atoms with van der Waals surface area (Å²) in [6.45, 7) is 0. The molecule has 2 heterocycles. The van der Waals surface area contributed by atoms with E-state index in [1.807, 2.05) is 12.1 Å². The van der Waals surface area contributed by atoms with E-state index < -0.39 is 0 Å². The van der Waals surface area contributed by atoms with Gasteiger partial charge in [0.1, 0.15) is 22.3 Å². The first-order valence-corrected chi connectivity index (χ1v) is 15.9. The third-order valence-corrected chi connectivity index (χ3v) is 9.43. The van der Waals surface area contributed by atoms with Crippen molar-refractivity contribution in [2.75, 3.05) is 4.90 Å². The molecule has 0 unspecified atom stereocenters. The van der Waals surface area contributed by atoms with Crippen molar-refractivity contribution >= 4 is 82.5 Å². The molecule has 2 aromatic heterocycles. The molecule has 10 rings (SSSR count). The van der Waals surface area contributed by atoms with Crippen LogP contribution in [-0.4, -0.2) is 0 Å². The zero-order valence-corrected chi connectivity index (χ0v) is 25.4. The predicted octanol–water partition coefficient (Wildman–Crippen LogP) is 12.9. The van der Waals surface area contributed by atoms with Crippen LogP contribution in [0.3, 0.4) is 0 Å². The fourth-order valence-corrected chi connectivity index (χ4v) is 7.17. The van der Waals surface area contributed by atoms with Gasteiger partial charge in [0.05, 0.1) is 11.1 Å². The van der Waals surface area contributed by atoms with Gasteiger partial charge >= 0.3 is 0 Å². The van der Waals surface area contributed by atoms with E-state index in [4.69, 9.17) is 8.83 Å². The number of furan rings is 2. The van der Waals surface area contributed by atoms with Crippen LogP contribution in [-0.2, 0) is 0 Å². The molecule has 0 saturated carbocycles. The molecule has 47 heavy (non-hydrogen) atoms. The van der Waals surface area contributed by atoms with Gasteiger partial charge in [0, 0.05) is 32.9 Å². The summed E-state index contributed by atoms with van der Waals surface area (Å²) in [5.41, 5.74) is 9.07. The highest BCUT2D eigenvalue weighted by Gasteiger charge is 2.21. The second-order valence-corrected chi connectivity index (χ2v) is 12.1. The van der Waals surface area contributed by atoms with Crippen LogP contribution in [0.2, 0.25) is 0 Å². The maximum absolute atomic E-state index is 6.61. The summed E-state index contributed by atoms with van der Waals surface area (Å²) in [7, 11) is 0. The lowest BCUT2D eigenvalue weighted by Gasteiger charge is -2.26. The van der Waals surface area contributed by atoms with E-state index in [1.165, 1.54) is 27.3 Å². The summed E-state index contributed by atoms with van der Waals surface area (Å²) >= 11 is 0. The van der Waals surface area contributed by atoms with Gasteiger partial charge in [-0.15, -0.1) is 0 Å². The molecule has 0 amide bonds. The number of hydrogen-bond acceptors (Lipinski definition) is 3. The number of anilines is 3. The van der Waals surface area contributed by atoms with Gasteiger partial charge in [0.2, 0.25) is 0 Å². The lowest BCUT2D eigenvalue weighted by atomic mass is 10.0. The molecule has 3 heteroatoms. The molecule has 8 aromatic carbocycles. The minimum atomic E-state index is 0.862. The fraction of sp³-hybridized carbons (Fsp3) is 0. The minimum Gasteiger partial charge on any atom is -0.456 e. The molecule has 0 aliphatic rings. The Kier molecular flexibility index (Phi) is 5.57. The third-order valence-electron chi connectivity index (χ3n) is 9.43. The van der Waals surface area contributed by atoms with E-state index in [2.05, 4.69) is 157 Å². The van der Waals surface area contributed by atoms with Gasteiger partial charge in [0.15, 0.2) is 0 Å². The minimum absolute atomic E-state index is 0.862. The lowest BCUT2D eigenvalue weighted by Crippen LogP contribution is -2.10. The molecular weight excluding hydrogens is 574 g/mol. The quantitative estimate of drug-likeness (QED) is 0.201. The normalized spacial score (nSPS) is 11.8. The maximum Gasteiger partial charge on any atom is 0.143 e.